The van der Waals surface area contributed by atoms with Crippen molar-refractivity contribution in [3.63, 3.8) is 0 Å². The average Bonchev–Trinajstić information content (AvgIpc) is 3.29. The molecule has 0 unspecified atom stereocenters. The van der Waals surface area contributed by atoms with Gasteiger partial charge < -0.3 is 18.9 Å². The van der Waals surface area contributed by atoms with Gasteiger partial charge in [0, 0.05) is 50.3 Å². The molecule has 2 aromatic carbocycles. The zero-order valence-electron chi connectivity index (χ0n) is 18.7. The van der Waals surface area contributed by atoms with E-state index in [1.807, 2.05) is 51.9 Å². The number of hydrogen-bond acceptors (Lipinski definition) is 4. The van der Waals surface area contributed by atoms with Crippen LogP contribution >= 0.6 is 0 Å². The number of carbonyl (C=O) groups is 1. The van der Waals surface area contributed by atoms with Crippen molar-refractivity contribution in [2.45, 2.75) is 6.92 Å². The summed E-state index contributed by atoms with van der Waals surface area (Å²) < 4.78 is 20.8. The Kier molecular flexibility index (Phi) is 5.46. The Hall–Kier alpha value is -3.87. The number of nitrogens with zero attached hydrogens (tertiary/aromatic N) is 4. The van der Waals surface area contributed by atoms with Gasteiger partial charge in [-0.25, -0.2) is 9.37 Å². The number of carbonyl (C=O) groups excluding carboxylic acids is 1. The summed E-state index contributed by atoms with van der Waals surface area (Å²) in [6.45, 7) is 4.51. The maximum atomic E-state index is 13.6. The number of halogens is 1. The van der Waals surface area contributed by atoms with Crippen LogP contribution in [0, 0.1) is 12.7 Å². The molecular formula is C26H25FN4O2. The Bertz CT molecular complexity index is 1330. The zero-order valence-corrected chi connectivity index (χ0v) is 18.7. The maximum Gasteiger partial charge on any atom is 0.274 e. The molecule has 3 heterocycles. The molecule has 0 saturated carbocycles. The molecule has 2 aromatic heterocycles. The lowest BCUT2D eigenvalue weighted by molar-refractivity contribution is 0.0741. The molecule has 33 heavy (non-hydrogen) atoms. The van der Waals surface area contributed by atoms with E-state index in [1.165, 1.54) is 6.07 Å². The molecule has 1 aliphatic heterocycles. The summed E-state index contributed by atoms with van der Waals surface area (Å²) in [6.07, 6.45) is 3.69. The predicted octanol–water partition coefficient (Wildman–Crippen LogP) is 4.42. The Balaban J connectivity index is 1.31. The summed E-state index contributed by atoms with van der Waals surface area (Å²) in [5.41, 5.74) is 4.69. The molecule has 0 spiro atoms. The van der Waals surface area contributed by atoms with Crippen molar-refractivity contribution < 1.29 is 13.9 Å². The van der Waals surface area contributed by atoms with E-state index in [0.29, 0.717) is 30.0 Å². The fraction of sp³-hybridized carbons (Fsp3) is 0.231. The number of aryl methyl sites for hydroxylation is 1. The molecule has 1 amide bonds. The second-order valence-electron chi connectivity index (χ2n) is 8.25. The number of rotatable bonds is 4. The number of aromatic nitrogens is 2. The molecule has 4 aromatic rings. The van der Waals surface area contributed by atoms with Gasteiger partial charge in [-0.2, -0.15) is 0 Å². The highest BCUT2D eigenvalue weighted by molar-refractivity contribution is 5.93. The van der Waals surface area contributed by atoms with Crippen molar-refractivity contribution in [1.29, 1.82) is 0 Å². The first-order valence-corrected chi connectivity index (χ1v) is 11.0. The topological polar surface area (TPSA) is 50.1 Å². The summed E-state index contributed by atoms with van der Waals surface area (Å²) in [7, 11) is 1.66. The number of amides is 1. The van der Waals surface area contributed by atoms with Crippen molar-refractivity contribution in [3.8, 4) is 16.9 Å². The first-order chi connectivity index (χ1) is 16.0. The molecule has 1 fully saturated rings. The van der Waals surface area contributed by atoms with E-state index in [9.17, 15) is 9.18 Å². The van der Waals surface area contributed by atoms with Crippen molar-refractivity contribution in [2.24, 2.45) is 0 Å². The van der Waals surface area contributed by atoms with Gasteiger partial charge >= 0.3 is 0 Å². The average molecular weight is 445 g/mol. The second-order valence-corrected chi connectivity index (χ2v) is 8.25. The Labute approximate surface area is 191 Å². The molecule has 1 saturated heterocycles. The number of anilines is 1. The van der Waals surface area contributed by atoms with Gasteiger partial charge in [0.2, 0.25) is 0 Å². The normalized spacial score (nSPS) is 14.0. The molecule has 7 heteroatoms. The van der Waals surface area contributed by atoms with Crippen LogP contribution in [0.25, 0.3) is 16.8 Å². The number of imidazole rings is 1. The number of benzene rings is 2. The molecule has 6 nitrogen and oxygen atoms in total. The van der Waals surface area contributed by atoms with Crippen LogP contribution in [-0.4, -0.2) is 53.5 Å². The van der Waals surface area contributed by atoms with Gasteiger partial charge in [0.25, 0.3) is 5.91 Å². The fourth-order valence-electron chi connectivity index (χ4n) is 4.23. The van der Waals surface area contributed by atoms with Gasteiger partial charge in [-0.15, -0.1) is 0 Å². The molecule has 5 rings (SSSR count). The van der Waals surface area contributed by atoms with Gasteiger partial charge in [0.15, 0.2) is 0 Å². The molecule has 0 aliphatic carbocycles. The summed E-state index contributed by atoms with van der Waals surface area (Å²) in [6, 6.07) is 16.8. The van der Waals surface area contributed by atoms with Gasteiger partial charge in [-0.1, -0.05) is 12.1 Å². The fourth-order valence-corrected chi connectivity index (χ4v) is 4.23. The third-order valence-corrected chi connectivity index (χ3v) is 6.15. The third kappa shape index (κ3) is 4.14. The highest BCUT2D eigenvalue weighted by Crippen LogP contribution is 2.24. The van der Waals surface area contributed by atoms with Gasteiger partial charge in [0.1, 0.15) is 22.9 Å². The summed E-state index contributed by atoms with van der Waals surface area (Å²) in [5.74, 6) is 0.538. The third-order valence-electron chi connectivity index (χ3n) is 6.15. The number of methoxy groups -OCH3 is 1. The van der Waals surface area contributed by atoms with E-state index in [0.717, 1.165) is 35.7 Å². The van der Waals surface area contributed by atoms with Crippen molar-refractivity contribution in [2.75, 3.05) is 38.2 Å². The highest BCUT2D eigenvalue weighted by atomic mass is 19.1. The molecule has 0 radical (unpaired) electrons. The minimum Gasteiger partial charge on any atom is -0.497 e. The number of fused-ring (bicyclic) bond motifs is 1. The first kappa shape index (κ1) is 21.0. The van der Waals surface area contributed by atoms with E-state index in [-0.39, 0.29) is 11.7 Å². The Morgan fingerprint density at radius 1 is 0.970 bits per heavy atom. The lowest BCUT2D eigenvalue weighted by Crippen LogP contribution is -2.48. The van der Waals surface area contributed by atoms with Crippen LogP contribution in [0.5, 0.6) is 5.75 Å². The van der Waals surface area contributed by atoms with Crippen LogP contribution in [0.3, 0.4) is 0 Å². The minimum atomic E-state index is -0.221. The van der Waals surface area contributed by atoms with Gasteiger partial charge in [-0.05, 0) is 60.0 Å². The molecular weight excluding hydrogens is 419 g/mol. The predicted molar refractivity (Wildman–Crippen MR) is 126 cm³/mol. The Morgan fingerprint density at radius 2 is 1.76 bits per heavy atom. The summed E-state index contributed by atoms with van der Waals surface area (Å²) in [5, 5.41) is 0. The van der Waals surface area contributed by atoms with Gasteiger partial charge in [0.05, 0.1) is 7.11 Å². The van der Waals surface area contributed by atoms with E-state index in [2.05, 4.69) is 16.0 Å². The summed E-state index contributed by atoms with van der Waals surface area (Å²) >= 11 is 0. The number of piperazine rings is 1. The SMILES string of the molecule is COc1cccc(N2CCN(C(=O)c3cn4cc(-c5ccc(F)c(C)c5)ccc4n3)CC2)c1. The molecule has 0 bridgehead atoms. The van der Waals surface area contributed by atoms with Crippen LogP contribution in [-0.2, 0) is 0 Å². The minimum absolute atomic E-state index is 0.0665. The van der Waals surface area contributed by atoms with E-state index in [4.69, 9.17) is 4.74 Å². The standard InChI is InChI=1S/C26H25FN4O2/c1-18-14-19(6-8-23(18)27)20-7-9-25-28-24(17-31(25)16-20)26(32)30-12-10-29(11-13-30)21-4-3-5-22(15-21)33-2/h3-9,14-17H,10-13H2,1-2H3. The smallest absolute Gasteiger partial charge is 0.274 e. The molecule has 168 valence electrons. The maximum absolute atomic E-state index is 13.6. The van der Waals surface area contributed by atoms with Crippen molar-refractivity contribution >= 4 is 17.2 Å². The lowest BCUT2D eigenvalue weighted by Gasteiger charge is -2.35. The molecule has 1 aliphatic rings. The van der Waals surface area contributed by atoms with Crippen LogP contribution in [0.4, 0.5) is 10.1 Å². The zero-order chi connectivity index (χ0) is 22.9. The first-order valence-electron chi connectivity index (χ1n) is 11.0. The summed E-state index contributed by atoms with van der Waals surface area (Å²) in [4.78, 5) is 21.8. The van der Waals surface area contributed by atoms with Crippen LogP contribution < -0.4 is 9.64 Å². The number of pyridine rings is 1. The largest absolute Gasteiger partial charge is 0.497 e. The van der Waals surface area contributed by atoms with E-state index < -0.39 is 0 Å². The van der Waals surface area contributed by atoms with E-state index in [1.54, 1.807) is 26.3 Å². The monoisotopic (exact) mass is 444 g/mol. The highest BCUT2D eigenvalue weighted by Gasteiger charge is 2.24. The van der Waals surface area contributed by atoms with Crippen molar-refractivity contribution in [3.05, 3.63) is 84.1 Å². The van der Waals surface area contributed by atoms with Crippen LogP contribution in [0.15, 0.2) is 67.0 Å². The van der Waals surface area contributed by atoms with Crippen LogP contribution in [0.2, 0.25) is 0 Å². The Morgan fingerprint density at radius 3 is 2.52 bits per heavy atom. The number of hydrogen-bond donors (Lipinski definition) is 0. The molecule has 0 N–H and O–H groups in total. The quantitative estimate of drug-likeness (QED) is 0.468. The van der Waals surface area contributed by atoms with Crippen molar-refractivity contribution in [1.82, 2.24) is 14.3 Å². The lowest BCUT2D eigenvalue weighted by atomic mass is 10.1. The molecule has 0 atom stereocenters. The second kappa shape index (κ2) is 8.58. The van der Waals surface area contributed by atoms with Crippen LogP contribution in [0.1, 0.15) is 16.1 Å². The number of ether oxygens (including phenoxy) is 1. The van der Waals surface area contributed by atoms with E-state index >= 15 is 0 Å². The van der Waals surface area contributed by atoms with Gasteiger partial charge in [-0.3, -0.25) is 4.79 Å².